The largest absolute Gasteiger partial charge is 0.330 e. The minimum Gasteiger partial charge on any atom is -0.330 e. The molecule has 1 saturated heterocycles. The summed E-state index contributed by atoms with van der Waals surface area (Å²) in [6, 6.07) is 2.35. The molecule has 1 heterocycles. The van der Waals surface area contributed by atoms with Gasteiger partial charge in [-0.3, -0.25) is 0 Å². The minimum absolute atomic E-state index is 0.213. The van der Waals surface area contributed by atoms with E-state index in [2.05, 4.69) is 11.0 Å². The number of nitrogens with two attached hydrogens (primary N) is 1. The second-order valence-electron chi connectivity index (χ2n) is 4.95. The van der Waals surface area contributed by atoms with Crippen LogP contribution in [0.1, 0.15) is 26.7 Å². The zero-order valence-electron chi connectivity index (χ0n) is 9.29. The topological polar surface area (TPSA) is 53.0 Å². The molecule has 0 aromatic heterocycles. The van der Waals surface area contributed by atoms with E-state index in [9.17, 15) is 0 Å². The first-order valence-electron chi connectivity index (χ1n) is 5.41. The Kier molecular flexibility index (Phi) is 3.91. The molecule has 0 spiro atoms. The van der Waals surface area contributed by atoms with Crippen LogP contribution < -0.4 is 5.73 Å². The van der Waals surface area contributed by atoms with Crippen LogP contribution in [0.3, 0.4) is 0 Å². The number of piperidine rings is 1. The van der Waals surface area contributed by atoms with Crippen molar-refractivity contribution in [3.63, 3.8) is 0 Å². The molecule has 1 aliphatic rings. The van der Waals surface area contributed by atoms with Gasteiger partial charge >= 0.3 is 0 Å². The molecule has 0 aromatic carbocycles. The van der Waals surface area contributed by atoms with Crippen molar-refractivity contribution in [2.45, 2.75) is 26.7 Å². The monoisotopic (exact) mass is 195 g/mol. The molecule has 2 N–H and O–H groups in total. The lowest BCUT2D eigenvalue weighted by atomic mass is 9.91. The predicted molar refractivity (Wildman–Crippen MR) is 57.6 cm³/mol. The summed E-state index contributed by atoms with van der Waals surface area (Å²) >= 11 is 0. The molecule has 0 bridgehead atoms. The molecule has 3 nitrogen and oxygen atoms in total. The quantitative estimate of drug-likeness (QED) is 0.736. The summed E-state index contributed by atoms with van der Waals surface area (Å²) in [6.07, 6.45) is 2.38. The van der Waals surface area contributed by atoms with Crippen LogP contribution in [0, 0.1) is 22.7 Å². The Balaban J connectivity index is 2.33. The summed E-state index contributed by atoms with van der Waals surface area (Å²) in [5.74, 6) is 0.705. The summed E-state index contributed by atoms with van der Waals surface area (Å²) in [5.41, 5.74) is 5.42. The van der Waals surface area contributed by atoms with Gasteiger partial charge in [-0.25, -0.2) is 0 Å². The molecule has 14 heavy (non-hydrogen) atoms. The Hall–Kier alpha value is -0.590. The lowest BCUT2D eigenvalue weighted by molar-refractivity contribution is 0.152. The maximum Gasteiger partial charge on any atom is 0.0697 e. The number of hydrogen-bond donors (Lipinski definition) is 1. The third kappa shape index (κ3) is 3.28. The van der Waals surface area contributed by atoms with Gasteiger partial charge in [0.2, 0.25) is 0 Å². The minimum atomic E-state index is -0.213. The Morgan fingerprint density at radius 3 is 2.43 bits per heavy atom. The van der Waals surface area contributed by atoms with E-state index in [0.29, 0.717) is 5.92 Å². The van der Waals surface area contributed by atoms with Gasteiger partial charge in [0.15, 0.2) is 0 Å². The highest BCUT2D eigenvalue weighted by Gasteiger charge is 2.24. The summed E-state index contributed by atoms with van der Waals surface area (Å²) in [7, 11) is 0. The van der Waals surface area contributed by atoms with Crippen molar-refractivity contribution in [2.24, 2.45) is 17.1 Å². The fourth-order valence-electron chi connectivity index (χ4n) is 1.97. The molecule has 0 saturated carbocycles. The van der Waals surface area contributed by atoms with E-state index in [1.807, 2.05) is 13.8 Å². The maximum absolute atomic E-state index is 8.93. The van der Waals surface area contributed by atoms with Gasteiger partial charge in [0.25, 0.3) is 0 Å². The van der Waals surface area contributed by atoms with Crippen LogP contribution in [0.2, 0.25) is 0 Å². The van der Waals surface area contributed by atoms with Crippen molar-refractivity contribution in [1.29, 1.82) is 5.26 Å². The smallest absolute Gasteiger partial charge is 0.0697 e. The Morgan fingerprint density at radius 2 is 2.00 bits per heavy atom. The Labute approximate surface area is 86.9 Å². The number of nitrogens with zero attached hydrogens (tertiary/aromatic N) is 2. The average molecular weight is 195 g/mol. The molecular weight excluding hydrogens is 174 g/mol. The standard InChI is InChI=1S/C11H21N3/c1-11(2,8-13)9-14-5-3-10(7-12)4-6-14/h10H,3-7,9,12H2,1-2H3. The van der Waals surface area contributed by atoms with Crippen molar-refractivity contribution in [2.75, 3.05) is 26.2 Å². The molecule has 3 heteroatoms. The van der Waals surface area contributed by atoms with E-state index < -0.39 is 0 Å². The second-order valence-corrected chi connectivity index (χ2v) is 4.95. The molecule has 0 aliphatic carbocycles. The summed E-state index contributed by atoms with van der Waals surface area (Å²) in [5, 5.41) is 8.93. The highest BCUT2D eigenvalue weighted by atomic mass is 15.1. The SMILES string of the molecule is CC(C)(C#N)CN1CCC(CN)CC1. The summed E-state index contributed by atoms with van der Waals surface area (Å²) in [4.78, 5) is 2.38. The fourth-order valence-corrected chi connectivity index (χ4v) is 1.97. The van der Waals surface area contributed by atoms with Crippen molar-refractivity contribution >= 4 is 0 Å². The van der Waals surface area contributed by atoms with Gasteiger partial charge in [-0.15, -0.1) is 0 Å². The number of hydrogen-bond acceptors (Lipinski definition) is 3. The van der Waals surface area contributed by atoms with Crippen LogP contribution >= 0.6 is 0 Å². The molecule has 0 amide bonds. The van der Waals surface area contributed by atoms with Gasteiger partial charge < -0.3 is 10.6 Å². The van der Waals surface area contributed by atoms with Crippen molar-refractivity contribution in [3.05, 3.63) is 0 Å². The highest BCUT2D eigenvalue weighted by molar-refractivity contribution is 4.94. The molecule has 1 aliphatic heterocycles. The van der Waals surface area contributed by atoms with Gasteiger partial charge in [0.1, 0.15) is 0 Å². The van der Waals surface area contributed by atoms with E-state index in [-0.39, 0.29) is 5.41 Å². The lowest BCUT2D eigenvalue weighted by Crippen LogP contribution is -2.40. The average Bonchev–Trinajstić information content (AvgIpc) is 2.19. The molecule has 0 atom stereocenters. The lowest BCUT2D eigenvalue weighted by Gasteiger charge is -2.34. The molecule has 1 rings (SSSR count). The highest BCUT2D eigenvalue weighted by Crippen LogP contribution is 2.21. The van der Waals surface area contributed by atoms with Gasteiger partial charge in [-0.2, -0.15) is 5.26 Å². The Bertz CT molecular complexity index is 209. The molecule has 1 fully saturated rings. The molecule has 80 valence electrons. The van der Waals surface area contributed by atoms with Gasteiger partial charge in [-0.1, -0.05) is 0 Å². The summed E-state index contributed by atoms with van der Waals surface area (Å²) < 4.78 is 0. The molecule has 0 radical (unpaired) electrons. The van der Waals surface area contributed by atoms with Gasteiger partial charge in [0, 0.05) is 6.54 Å². The first kappa shape index (κ1) is 11.5. The van der Waals surface area contributed by atoms with Crippen molar-refractivity contribution in [3.8, 4) is 6.07 Å². The third-order valence-corrected chi connectivity index (χ3v) is 2.96. The first-order valence-corrected chi connectivity index (χ1v) is 5.41. The first-order chi connectivity index (χ1) is 6.57. The number of nitriles is 1. The van der Waals surface area contributed by atoms with Crippen molar-refractivity contribution < 1.29 is 0 Å². The van der Waals surface area contributed by atoms with Crippen LogP contribution in [0.15, 0.2) is 0 Å². The van der Waals surface area contributed by atoms with Crippen molar-refractivity contribution in [1.82, 2.24) is 4.90 Å². The van der Waals surface area contributed by atoms with E-state index in [1.165, 1.54) is 12.8 Å². The predicted octanol–water partition coefficient (Wildman–Crippen LogP) is 1.21. The van der Waals surface area contributed by atoms with Crippen LogP contribution in [0.4, 0.5) is 0 Å². The van der Waals surface area contributed by atoms with Gasteiger partial charge in [0.05, 0.1) is 11.5 Å². The van der Waals surface area contributed by atoms with Gasteiger partial charge in [-0.05, 0) is 52.2 Å². The summed E-state index contributed by atoms with van der Waals surface area (Å²) in [6.45, 7) is 7.92. The molecular formula is C11H21N3. The fraction of sp³-hybridized carbons (Fsp3) is 0.909. The molecule has 0 aromatic rings. The van der Waals surface area contributed by atoms with Crippen LogP contribution in [0.25, 0.3) is 0 Å². The van der Waals surface area contributed by atoms with Crippen LogP contribution in [0.5, 0.6) is 0 Å². The number of likely N-dealkylation sites (tertiary alicyclic amines) is 1. The van der Waals surface area contributed by atoms with Crippen LogP contribution in [-0.2, 0) is 0 Å². The van der Waals surface area contributed by atoms with E-state index in [0.717, 1.165) is 26.2 Å². The second kappa shape index (κ2) is 4.77. The third-order valence-electron chi connectivity index (χ3n) is 2.96. The zero-order chi connectivity index (χ0) is 10.6. The van der Waals surface area contributed by atoms with E-state index in [1.54, 1.807) is 0 Å². The van der Waals surface area contributed by atoms with E-state index in [4.69, 9.17) is 11.0 Å². The normalized spacial score (nSPS) is 20.7. The molecule has 0 unspecified atom stereocenters. The zero-order valence-corrected chi connectivity index (χ0v) is 9.29. The van der Waals surface area contributed by atoms with Crippen LogP contribution in [-0.4, -0.2) is 31.1 Å². The number of rotatable bonds is 3. The van der Waals surface area contributed by atoms with E-state index >= 15 is 0 Å². The maximum atomic E-state index is 8.93. The Morgan fingerprint density at radius 1 is 1.43 bits per heavy atom.